The Hall–Kier alpha value is -0.810. The summed E-state index contributed by atoms with van der Waals surface area (Å²) in [6, 6.07) is 5.72. The number of halogens is 1. The molecule has 0 unspecified atom stereocenters. The maximum absolute atomic E-state index is 9.56. The van der Waals surface area contributed by atoms with Crippen LogP contribution in [0.4, 0.5) is 5.69 Å². The van der Waals surface area contributed by atoms with Crippen LogP contribution >= 0.6 is 11.6 Å². The first-order valence-corrected chi connectivity index (χ1v) is 7.44. The number of aliphatic hydroxyl groups excluding tert-OH is 2. The van der Waals surface area contributed by atoms with Gasteiger partial charge in [-0.25, -0.2) is 0 Å². The molecule has 1 fully saturated rings. The lowest BCUT2D eigenvalue weighted by molar-refractivity contribution is 0.0159. The van der Waals surface area contributed by atoms with Crippen LogP contribution in [0, 0.1) is 0 Å². The number of nitrogens with zero attached hydrogens (tertiary/aromatic N) is 1. The normalized spacial score (nSPS) is 18.3. The van der Waals surface area contributed by atoms with Crippen molar-refractivity contribution in [3.05, 3.63) is 28.8 Å². The van der Waals surface area contributed by atoms with Gasteiger partial charge in [0.05, 0.1) is 36.1 Å². The van der Waals surface area contributed by atoms with Gasteiger partial charge < -0.3 is 19.8 Å². The number of benzene rings is 1. The Morgan fingerprint density at radius 2 is 2.10 bits per heavy atom. The minimum atomic E-state index is -0.501. The number of hydrogen-bond acceptors (Lipinski definition) is 4. The van der Waals surface area contributed by atoms with Crippen molar-refractivity contribution in [1.82, 2.24) is 0 Å². The minimum absolute atomic E-state index is 0.0762. The maximum Gasteiger partial charge on any atom is 0.0762 e. The number of anilines is 1. The maximum atomic E-state index is 9.56. The molecule has 20 heavy (non-hydrogen) atoms. The van der Waals surface area contributed by atoms with E-state index < -0.39 is 6.10 Å². The molecule has 1 aliphatic rings. The van der Waals surface area contributed by atoms with E-state index in [1.54, 1.807) is 6.92 Å². The first kappa shape index (κ1) is 15.6. The monoisotopic (exact) mass is 299 g/mol. The molecule has 2 N–H and O–H groups in total. The highest BCUT2D eigenvalue weighted by molar-refractivity contribution is 6.33. The predicted octanol–water partition coefficient (Wildman–Crippen LogP) is 2.37. The van der Waals surface area contributed by atoms with E-state index in [1.807, 2.05) is 18.2 Å². The van der Waals surface area contributed by atoms with Crippen LogP contribution in [-0.4, -0.2) is 42.6 Å². The van der Waals surface area contributed by atoms with Gasteiger partial charge >= 0.3 is 0 Å². The first-order valence-electron chi connectivity index (χ1n) is 7.06. The van der Waals surface area contributed by atoms with Crippen molar-refractivity contribution in [2.24, 2.45) is 0 Å². The van der Waals surface area contributed by atoms with Crippen molar-refractivity contribution in [2.45, 2.75) is 32.0 Å². The Kier molecular flexibility index (Phi) is 5.66. The molecule has 1 aromatic carbocycles. The summed E-state index contributed by atoms with van der Waals surface area (Å²) in [7, 11) is 0. The molecule has 0 amide bonds. The van der Waals surface area contributed by atoms with Crippen molar-refractivity contribution < 1.29 is 14.9 Å². The summed E-state index contributed by atoms with van der Waals surface area (Å²) in [5.74, 6) is 0. The van der Waals surface area contributed by atoms with Crippen LogP contribution in [0.1, 0.15) is 31.4 Å². The molecule has 0 aromatic heterocycles. The van der Waals surface area contributed by atoms with Crippen molar-refractivity contribution in [2.75, 3.05) is 31.2 Å². The van der Waals surface area contributed by atoms with Gasteiger partial charge in [-0.2, -0.15) is 0 Å². The second-order valence-electron chi connectivity index (χ2n) is 5.17. The van der Waals surface area contributed by atoms with Gasteiger partial charge in [0, 0.05) is 13.1 Å². The zero-order valence-electron chi connectivity index (χ0n) is 11.8. The van der Waals surface area contributed by atoms with Gasteiger partial charge in [-0.3, -0.25) is 0 Å². The topological polar surface area (TPSA) is 52.9 Å². The Balaban J connectivity index is 1.96. The van der Waals surface area contributed by atoms with Crippen molar-refractivity contribution in [3.8, 4) is 0 Å². The summed E-state index contributed by atoms with van der Waals surface area (Å²) >= 11 is 6.31. The number of rotatable bonds is 5. The third-order valence-electron chi connectivity index (χ3n) is 3.68. The zero-order valence-corrected chi connectivity index (χ0v) is 12.5. The summed E-state index contributed by atoms with van der Waals surface area (Å²) < 4.78 is 5.55. The molecule has 0 saturated carbocycles. The molecule has 1 saturated heterocycles. The number of ether oxygens (including phenoxy) is 1. The smallest absolute Gasteiger partial charge is 0.0762 e. The van der Waals surface area contributed by atoms with Crippen LogP contribution in [0.2, 0.25) is 5.02 Å². The fraction of sp³-hybridized carbons (Fsp3) is 0.600. The van der Waals surface area contributed by atoms with E-state index in [2.05, 4.69) is 4.90 Å². The average molecular weight is 300 g/mol. The minimum Gasteiger partial charge on any atom is -0.394 e. The SMILES string of the molecule is C[C@@H](O)c1ccc(N2CCC(OCCO)CC2)c(Cl)c1. The van der Waals surface area contributed by atoms with Gasteiger partial charge in [0.15, 0.2) is 0 Å². The average Bonchev–Trinajstić information content (AvgIpc) is 2.45. The van der Waals surface area contributed by atoms with Crippen LogP contribution < -0.4 is 4.90 Å². The highest BCUT2D eigenvalue weighted by Gasteiger charge is 2.21. The molecule has 0 spiro atoms. The van der Waals surface area contributed by atoms with Gasteiger partial charge in [-0.05, 0) is 37.5 Å². The molecule has 0 radical (unpaired) electrons. The summed E-state index contributed by atoms with van der Waals surface area (Å²) in [6.45, 7) is 4.00. The molecule has 1 heterocycles. The van der Waals surface area contributed by atoms with Crippen molar-refractivity contribution in [1.29, 1.82) is 0 Å². The molecular weight excluding hydrogens is 278 g/mol. The van der Waals surface area contributed by atoms with Gasteiger partial charge in [0.1, 0.15) is 0 Å². The third kappa shape index (κ3) is 3.85. The second kappa shape index (κ2) is 7.27. The van der Waals surface area contributed by atoms with E-state index in [0.717, 1.165) is 37.2 Å². The number of aliphatic hydroxyl groups is 2. The van der Waals surface area contributed by atoms with Crippen LogP contribution in [-0.2, 0) is 4.74 Å². The van der Waals surface area contributed by atoms with Gasteiger partial charge in [-0.15, -0.1) is 0 Å². The lowest BCUT2D eigenvalue weighted by Crippen LogP contribution is -2.37. The number of piperidine rings is 1. The largest absolute Gasteiger partial charge is 0.394 e. The quantitative estimate of drug-likeness (QED) is 0.876. The molecular formula is C15H22ClNO3. The molecule has 5 heteroatoms. The van der Waals surface area contributed by atoms with E-state index >= 15 is 0 Å². The van der Waals surface area contributed by atoms with Crippen LogP contribution in [0.3, 0.4) is 0 Å². The standard InChI is InChI=1S/C15H22ClNO3/c1-11(19)12-2-3-15(14(16)10-12)17-6-4-13(5-7-17)20-9-8-18/h2-3,10-11,13,18-19H,4-9H2,1H3/t11-/m1/s1. The first-order chi connectivity index (χ1) is 9.61. The van der Waals surface area contributed by atoms with Gasteiger partial charge in [0.2, 0.25) is 0 Å². The molecule has 4 nitrogen and oxygen atoms in total. The number of hydrogen-bond donors (Lipinski definition) is 2. The van der Waals surface area contributed by atoms with E-state index in [-0.39, 0.29) is 12.7 Å². The second-order valence-corrected chi connectivity index (χ2v) is 5.57. The molecule has 1 aromatic rings. The highest BCUT2D eigenvalue weighted by atomic mass is 35.5. The Morgan fingerprint density at radius 1 is 1.40 bits per heavy atom. The molecule has 0 aliphatic carbocycles. The summed E-state index contributed by atoms with van der Waals surface area (Å²) in [4.78, 5) is 2.24. The van der Waals surface area contributed by atoms with E-state index in [4.69, 9.17) is 21.4 Å². The molecule has 0 bridgehead atoms. The fourth-order valence-corrected chi connectivity index (χ4v) is 2.83. The van der Waals surface area contributed by atoms with Crippen LogP contribution in [0.15, 0.2) is 18.2 Å². The summed E-state index contributed by atoms with van der Waals surface area (Å²) in [6.07, 6.45) is 1.61. The molecule has 112 valence electrons. The fourth-order valence-electron chi connectivity index (χ4n) is 2.52. The molecule has 1 atom stereocenters. The van der Waals surface area contributed by atoms with Crippen molar-refractivity contribution >= 4 is 17.3 Å². The van der Waals surface area contributed by atoms with E-state index in [1.165, 1.54) is 0 Å². The molecule has 1 aliphatic heterocycles. The van der Waals surface area contributed by atoms with E-state index in [9.17, 15) is 5.11 Å². The highest BCUT2D eigenvalue weighted by Crippen LogP contribution is 2.31. The zero-order chi connectivity index (χ0) is 14.5. The summed E-state index contributed by atoms with van der Waals surface area (Å²) in [5.41, 5.74) is 1.84. The van der Waals surface area contributed by atoms with Gasteiger partial charge in [0.25, 0.3) is 0 Å². The van der Waals surface area contributed by atoms with Crippen LogP contribution in [0.25, 0.3) is 0 Å². The summed E-state index contributed by atoms with van der Waals surface area (Å²) in [5, 5.41) is 19.0. The van der Waals surface area contributed by atoms with Gasteiger partial charge in [-0.1, -0.05) is 17.7 Å². The van der Waals surface area contributed by atoms with Crippen LogP contribution in [0.5, 0.6) is 0 Å². The Labute approximate surface area is 124 Å². The lowest BCUT2D eigenvalue weighted by atomic mass is 10.1. The third-order valence-corrected chi connectivity index (χ3v) is 3.98. The Bertz CT molecular complexity index is 431. The predicted molar refractivity (Wildman–Crippen MR) is 80.4 cm³/mol. The lowest BCUT2D eigenvalue weighted by Gasteiger charge is -2.34. The molecule has 2 rings (SSSR count). The Morgan fingerprint density at radius 3 is 2.65 bits per heavy atom. The van der Waals surface area contributed by atoms with Crippen molar-refractivity contribution in [3.63, 3.8) is 0 Å². The van der Waals surface area contributed by atoms with E-state index in [0.29, 0.717) is 11.6 Å².